The van der Waals surface area contributed by atoms with Gasteiger partial charge in [-0.2, -0.15) is 0 Å². The molecule has 3 nitrogen and oxygen atoms in total. The van der Waals surface area contributed by atoms with Gasteiger partial charge >= 0.3 is 0 Å². The zero-order valence-corrected chi connectivity index (χ0v) is 11.0. The number of para-hydroxylation sites is 1. The van der Waals surface area contributed by atoms with Crippen LogP contribution < -0.4 is 10.2 Å². The zero-order valence-electron chi connectivity index (χ0n) is 11.0. The Morgan fingerprint density at radius 3 is 2.37 bits per heavy atom. The molecule has 0 aromatic heterocycles. The van der Waals surface area contributed by atoms with Crippen LogP contribution in [0.5, 0.6) is 0 Å². The number of quaternary nitrogens is 1. The predicted octanol–water partition coefficient (Wildman–Crippen LogP) is 1.36. The van der Waals surface area contributed by atoms with E-state index in [1.165, 1.54) is 17.4 Å². The third-order valence-electron chi connectivity index (χ3n) is 3.71. The summed E-state index contributed by atoms with van der Waals surface area (Å²) in [6.45, 7) is 3.68. The Labute approximate surface area is 111 Å². The van der Waals surface area contributed by atoms with Crippen LogP contribution in [0.25, 0.3) is 0 Å². The van der Waals surface area contributed by atoms with E-state index in [9.17, 15) is 13.6 Å². The predicted molar refractivity (Wildman–Crippen MR) is 69.0 cm³/mol. The molecular weight excluding hydrogens is 250 g/mol. The number of amides is 1. The Hall–Kier alpha value is -1.49. The molecule has 2 rings (SSSR count). The highest BCUT2D eigenvalue weighted by Crippen LogP contribution is 2.17. The number of likely N-dealkylation sites (tertiary alicyclic amines) is 1. The maximum atomic E-state index is 13.5. The molecule has 5 heteroatoms. The number of hydrogen-bond acceptors (Lipinski definition) is 1. The lowest BCUT2D eigenvalue weighted by molar-refractivity contribution is -0.918. The first-order chi connectivity index (χ1) is 9.09. The highest BCUT2D eigenvalue weighted by atomic mass is 19.1. The van der Waals surface area contributed by atoms with Crippen LogP contribution in [-0.4, -0.2) is 25.0 Å². The van der Waals surface area contributed by atoms with Gasteiger partial charge in [0.2, 0.25) is 0 Å². The van der Waals surface area contributed by atoms with Crippen molar-refractivity contribution in [2.75, 3.05) is 18.4 Å². The largest absolute Gasteiger partial charge is 0.325 e. The molecule has 0 saturated carbocycles. The fourth-order valence-electron chi connectivity index (χ4n) is 2.47. The van der Waals surface area contributed by atoms with Crippen molar-refractivity contribution in [2.24, 2.45) is 0 Å². The molecule has 2 N–H and O–H groups in total. The normalized spacial score (nSPS) is 18.1. The van der Waals surface area contributed by atoms with Crippen LogP contribution in [0.3, 0.4) is 0 Å². The number of nitrogens with one attached hydrogen (secondary N) is 2. The van der Waals surface area contributed by atoms with Gasteiger partial charge in [-0.05, 0) is 38.3 Å². The van der Waals surface area contributed by atoms with Crippen LogP contribution in [0.4, 0.5) is 14.5 Å². The summed E-state index contributed by atoms with van der Waals surface area (Å²) < 4.78 is 26.9. The van der Waals surface area contributed by atoms with E-state index in [4.69, 9.17) is 0 Å². The molecule has 1 heterocycles. The Bertz CT molecular complexity index is 439. The number of carbonyl (C=O) groups excluding carboxylic acids is 1. The second-order valence-electron chi connectivity index (χ2n) is 5.03. The molecule has 1 aromatic rings. The van der Waals surface area contributed by atoms with Crippen molar-refractivity contribution in [3.63, 3.8) is 0 Å². The highest BCUT2D eigenvalue weighted by Gasteiger charge is 2.27. The molecule has 1 aliphatic rings. The van der Waals surface area contributed by atoms with E-state index in [2.05, 4.69) is 5.32 Å². The lowest BCUT2D eigenvalue weighted by Crippen LogP contribution is -3.17. The highest BCUT2D eigenvalue weighted by molar-refractivity contribution is 5.93. The summed E-state index contributed by atoms with van der Waals surface area (Å²) >= 11 is 0. The Kier molecular flexibility index (Phi) is 4.47. The van der Waals surface area contributed by atoms with Gasteiger partial charge < -0.3 is 10.2 Å². The van der Waals surface area contributed by atoms with Gasteiger partial charge in [0.15, 0.2) is 6.04 Å². The van der Waals surface area contributed by atoms with Crippen molar-refractivity contribution in [1.29, 1.82) is 0 Å². The lowest BCUT2D eigenvalue weighted by atomic mass is 10.1. The third kappa shape index (κ3) is 3.29. The zero-order chi connectivity index (χ0) is 13.8. The van der Waals surface area contributed by atoms with Crippen molar-refractivity contribution in [1.82, 2.24) is 0 Å². The Morgan fingerprint density at radius 2 is 1.79 bits per heavy atom. The number of benzene rings is 1. The Balaban J connectivity index is 2.04. The molecule has 1 fully saturated rings. The van der Waals surface area contributed by atoms with Gasteiger partial charge in [-0.1, -0.05) is 6.07 Å². The van der Waals surface area contributed by atoms with E-state index >= 15 is 0 Å². The number of hydrogen-bond donors (Lipinski definition) is 2. The fraction of sp³-hybridized carbons (Fsp3) is 0.500. The quantitative estimate of drug-likeness (QED) is 0.853. The number of rotatable bonds is 3. The van der Waals surface area contributed by atoms with E-state index in [1.54, 1.807) is 6.92 Å². The first kappa shape index (κ1) is 13.9. The molecule has 19 heavy (non-hydrogen) atoms. The molecule has 1 atom stereocenters. The van der Waals surface area contributed by atoms with E-state index in [-0.39, 0.29) is 17.6 Å². The summed E-state index contributed by atoms with van der Waals surface area (Å²) in [7, 11) is 0. The van der Waals surface area contributed by atoms with Crippen molar-refractivity contribution in [2.45, 2.75) is 32.2 Å². The molecule has 1 saturated heterocycles. The SMILES string of the molecule is C[C@@H](C(=O)Nc1c(F)cccc1F)[NH+]1CCCCC1. The fourth-order valence-corrected chi connectivity index (χ4v) is 2.47. The average molecular weight is 269 g/mol. The average Bonchev–Trinajstić information content (AvgIpc) is 2.43. The van der Waals surface area contributed by atoms with Crippen LogP contribution in [0.15, 0.2) is 18.2 Å². The first-order valence-electron chi connectivity index (χ1n) is 6.69. The number of anilines is 1. The molecule has 1 amide bonds. The molecule has 0 unspecified atom stereocenters. The monoisotopic (exact) mass is 269 g/mol. The molecule has 1 aromatic carbocycles. The number of halogens is 2. The third-order valence-corrected chi connectivity index (χ3v) is 3.71. The second-order valence-corrected chi connectivity index (χ2v) is 5.03. The maximum Gasteiger partial charge on any atom is 0.282 e. The van der Waals surface area contributed by atoms with Gasteiger partial charge in [-0.15, -0.1) is 0 Å². The minimum absolute atomic E-state index is 0.292. The number of piperidine rings is 1. The summed E-state index contributed by atoms with van der Waals surface area (Å²) in [4.78, 5) is 13.2. The van der Waals surface area contributed by atoms with Crippen LogP contribution in [0.1, 0.15) is 26.2 Å². The summed E-state index contributed by atoms with van der Waals surface area (Å²) in [5.41, 5.74) is -0.351. The molecule has 0 aliphatic carbocycles. The van der Waals surface area contributed by atoms with Crippen molar-refractivity contribution in [3.8, 4) is 0 Å². The Morgan fingerprint density at radius 1 is 1.21 bits per heavy atom. The summed E-state index contributed by atoms with van der Waals surface area (Å²) in [5, 5.41) is 2.37. The standard InChI is InChI=1S/C14H18F2N2O/c1-10(18-8-3-2-4-9-18)14(19)17-13-11(15)6-5-7-12(13)16/h5-7,10H,2-4,8-9H2,1H3,(H,17,19)/p+1/t10-/m0/s1. The van der Waals surface area contributed by atoms with E-state index < -0.39 is 11.6 Å². The summed E-state index contributed by atoms with van der Waals surface area (Å²) in [5.74, 6) is -1.82. The second kappa shape index (κ2) is 6.10. The van der Waals surface area contributed by atoms with Crippen LogP contribution in [-0.2, 0) is 4.79 Å². The van der Waals surface area contributed by atoms with Crippen LogP contribution >= 0.6 is 0 Å². The molecule has 0 bridgehead atoms. The summed E-state index contributed by atoms with van der Waals surface area (Å²) in [6, 6.07) is 3.26. The molecule has 0 spiro atoms. The van der Waals surface area contributed by atoms with Crippen LogP contribution in [0, 0.1) is 11.6 Å². The van der Waals surface area contributed by atoms with E-state index in [0.717, 1.165) is 38.1 Å². The van der Waals surface area contributed by atoms with Crippen molar-refractivity contribution < 1.29 is 18.5 Å². The first-order valence-corrected chi connectivity index (χ1v) is 6.69. The minimum Gasteiger partial charge on any atom is -0.325 e. The van der Waals surface area contributed by atoms with E-state index in [1.807, 2.05) is 0 Å². The maximum absolute atomic E-state index is 13.5. The van der Waals surface area contributed by atoms with Gasteiger partial charge in [0.25, 0.3) is 5.91 Å². The van der Waals surface area contributed by atoms with E-state index in [0.29, 0.717) is 0 Å². The minimum atomic E-state index is -0.741. The van der Waals surface area contributed by atoms with Crippen molar-refractivity contribution >= 4 is 11.6 Å². The van der Waals surface area contributed by atoms with Crippen LogP contribution in [0.2, 0.25) is 0 Å². The molecule has 1 aliphatic heterocycles. The summed E-state index contributed by atoms with van der Waals surface area (Å²) in [6.07, 6.45) is 3.39. The van der Waals surface area contributed by atoms with Gasteiger partial charge in [0.1, 0.15) is 17.3 Å². The topological polar surface area (TPSA) is 33.5 Å². The lowest BCUT2D eigenvalue weighted by Gasteiger charge is -2.28. The molecule has 104 valence electrons. The molecular formula is C14H19F2N2O+. The van der Waals surface area contributed by atoms with Gasteiger partial charge in [-0.25, -0.2) is 8.78 Å². The van der Waals surface area contributed by atoms with Gasteiger partial charge in [0, 0.05) is 0 Å². The van der Waals surface area contributed by atoms with Gasteiger partial charge in [-0.3, -0.25) is 4.79 Å². The van der Waals surface area contributed by atoms with Gasteiger partial charge in [0.05, 0.1) is 13.1 Å². The number of carbonyl (C=O) groups is 1. The van der Waals surface area contributed by atoms with Crippen molar-refractivity contribution in [3.05, 3.63) is 29.8 Å². The smallest absolute Gasteiger partial charge is 0.282 e. The molecule has 0 radical (unpaired) electrons.